The Kier molecular flexibility index (Phi) is 4.49. The van der Waals surface area contributed by atoms with Gasteiger partial charge in [0.1, 0.15) is 4.90 Å². The van der Waals surface area contributed by atoms with Crippen molar-refractivity contribution in [1.29, 1.82) is 0 Å². The molecular weight excluding hydrogens is 341 g/mol. The molecule has 2 rings (SSSR count). The summed E-state index contributed by atoms with van der Waals surface area (Å²) in [5.41, 5.74) is 0.911. The maximum atomic E-state index is 12.3. The number of nitrogens with one attached hydrogen (secondary N) is 1. The minimum absolute atomic E-state index is 0.0408. The number of benzene rings is 2. The molecular formula is C13H10Cl3NO2S. The highest BCUT2D eigenvalue weighted by atomic mass is 35.5. The van der Waals surface area contributed by atoms with E-state index in [2.05, 4.69) is 4.72 Å². The molecule has 106 valence electrons. The van der Waals surface area contributed by atoms with Crippen LogP contribution in [0.1, 0.15) is 5.56 Å². The largest absolute Gasteiger partial charge is 0.278 e. The maximum Gasteiger partial charge on any atom is 0.263 e. The van der Waals surface area contributed by atoms with E-state index in [0.717, 1.165) is 0 Å². The van der Waals surface area contributed by atoms with E-state index in [1.165, 1.54) is 12.1 Å². The molecule has 0 saturated heterocycles. The first kappa shape index (κ1) is 15.4. The third kappa shape index (κ3) is 3.20. The molecule has 0 amide bonds. The number of sulfonamides is 1. The molecule has 0 aliphatic heterocycles. The quantitative estimate of drug-likeness (QED) is 0.867. The van der Waals surface area contributed by atoms with E-state index in [4.69, 9.17) is 34.8 Å². The normalized spacial score (nSPS) is 11.4. The van der Waals surface area contributed by atoms with Crippen LogP contribution in [0.2, 0.25) is 15.1 Å². The maximum absolute atomic E-state index is 12.3. The van der Waals surface area contributed by atoms with Gasteiger partial charge in [0.2, 0.25) is 0 Å². The van der Waals surface area contributed by atoms with E-state index < -0.39 is 10.0 Å². The summed E-state index contributed by atoms with van der Waals surface area (Å²) in [5.74, 6) is 0. The van der Waals surface area contributed by atoms with Crippen molar-refractivity contribution in [3.63, 3.8) is 0 Å². The Morgan fingerprint density at radius 3 is 2.25 bits per heavy atom. The van der Waals surface area contributed by atoms with Gasteiger partial charge in [-0.25, -0.2) is 8.42 Å². The van der Waals surface area contributed by atoms with Gasteiger partial charge in [0.15, 0.2) is 0 Å². The number of hydrogen-bond donors (Lipinski definition) is 1. The molecule has 1 N–H and O–H groups in total. The van der Waals surface area contributed by atoms with Crippen molar-refractivity contribution in [3.8, 4) is 0 Å². The Bertz CT molecular complexity index is 760. The fraction of sp³-hybridized carbons (Fsp3) is 0.0769. The first-order valence-electron chi connectivity index (χ1n) is 5.54. The summed E-state index contributed by atoms with van der Waals surface area (Å²) in [5, 5.41) is 0.768. The predicted molar refractivity (Wildman–Crippen MR) is 83.5 cm³/mol. The fourth-order valence-electron chi connectivity index (χ4n) is 1.58. The zero-order chi connectivity index (χ0) is 14.9. The first-order chi connectivity index (χ1) is 9.31. The van der Waals surface area contributed by atoms with Crippen LogP contribution in [-0.4, -0.2) is 8.42 Å². The average molecular weight is 351 g/mol. The molecule has 20 heavy (non-hydrogen) atoms. The second kappa shape index (κ2) is 5.82. The summed E-state index contributed by atoms with van der Waals surface area (Å²) in [4.78, 5) is -0.0408. The van der Waals surface area contributed by atoms with Crippen LogP contribution in [-0.2, 0) is 10.0 Å². The zero-order valence-corrected chi connectivity index (χ0v) is 13.4. The fourth-order valence-corrected chi connectivity index (χ4v) is 3.73. The highest BCUT2D eigenvalue weighted by Crippen LogP contribution is 2.30. The number of rotatable bonds is 3. The molecule has 0 bridgehead atoms. The second-order valence-corrected chi connectivity index (χ2v) is 6.99. The first-order valence-corrected chi connectivity index (χ1v) is 8.16. The Hall–Kier alpha value is -0.940. The standard InChI is InChI=1S/C13H10Cl3NO2S/c1-8-6-13(11(16)7-10(8)15)20(18,19)17-12-5-3-2-4-9(12)14/h2-7,17H,1H3. The van der Waals surface area contributed by atoms with E-state index in [9.17, 15) is 8.42 Å². The highest BCUT2D eigenvalue weighted by Gasteiger charge is 2.20. The lowest BCUT2D eigenvalue weighted by atomic mass is 10.2. The van der Waals surface area contributed by atoms with Gasteiger partial charge in [-0.1, -0.05) is 46.9 Å². The Morgan fingerprint density at radius 1 is 0.950 bits per heavy atom. The molecule has 7 heteroatoms. The summed E-state index contributed by atoms with van der Waals surface area (Å²) in [6.45, 7) is 1.70. The summed E-state index contributed by atoms with van der Waals surface area (Å²) < 4.78 is 27.1. The second-order valence-electron chi connectivity index (χ2n) is 4.12. The third-order valence-corrected chi connectivity index (χ3v) is 5.19. The van der Waals surface area contributed by atoms with Crippen molar-refractivity contribution in [2.75, 3.05) is 4.72 Å². The Morgan fingerprint density at radius 2 is 1.60 bits per heavy atom. The van der Waals surface area contributed by atoms with Crippen LogP contribution in [0.5, 0.6) is 0 Å². The van der Waals surface area contributed by atoms with Gasteiger partial charge >= 0.3 is 0 Å². The van der Waals surface area contributed by atoms with Crippen molar-refractivity contribution < 1.29 is 8.42 Å². The van der Waals surface area contributed by atoms with Crippen LogP contribution in [0.3, 0.4) is 0 Å². The summed E-state index contributed by atoms with van der Waals surface area (Å²) in [7, 11) is -3.83. The van der Waals surface area contributed by atoms with Crippen molar-refractivity contribution in [2.45, 2.75) is 11.8 Å². The molecule has 0 aliphatic carbocycles. The molecule has 2 aromatic rings. The lowest BCUT2D eigenvalue weighted by molar-refractivity contribution is 0.601. The van der Waals surface area contributed by atoms with Crippen molar-refractivity contribution in [3.05, 3.63) is 57.0 Å². The van der Waals surface area contributed by atoms with Crippen LogP contribution in [0.15, 0.2) is 41.3 Å². The average Bonchev–Trinajstić information content (AvgIpc) is 2.36. The number of hydrogen-bond acceptors (Lipinski definition) is 2. The SMILES string of the molecule is Cc1cc(S(=O)(=O)Nc2ccccc2Cl)c(Cl)cc1Cl. The molecule has 0 saturated carbocycles. The van der Waals surface area contributed by atoms with Crippen molar-refractivity contribution >= 4 is 50.5 Å². The zero-order valence-electron chi connectivity index (χ0n) is 10.3. The van der Waals surface area contributed by atoms with Gasteiger partial charge in [-0.2, -0.15) is 0 Å². The highest BCUT2D eigenvalue weighted by molar-refractivity contribution is 7.92. The number of para-hydroxylation sites is 1. The van der Waals surface area contributed by atoms with E-state index in [0.29, 0.717) is 15.6 Å². The predicted octanol–water partition coefficient (Wildman–Crippen LogP) is 4.76. The van der Waals surface area contributed by atoms with Crippen molar-refractivity contribution in [1.82, 2.24) is 0 Å². The van der Waals surface area contributed by atoms with E-state index in [-0.39, 0.29) is 15.6 Å². The smallest absolute Gasteiger partial charge is 0.263 e. The molecule has 0 atom stereocenters. The molecule has 0 unspecified atom stereocenters. The monoisotopic (exact) mass is 349 g/mol. The Balaban J connectivity index is 2.47. The van der Waals surface area contributed by atoms with Gasteiger partial charge in [0.25, 0.3) is 10.0 Å². The molecule has 2 aromatic carbocycles. The molecule has 0 aromatic heterocycles. The van der Waals surface area contributed by atoms with Gasteiger partial charge in [-0.15, -0.1) is 0 Å². The third-order valence-electron chi connectivity index (χ3n) is 2.62. The van der Waals surface area contributed by atoms with Gasteiger partial charge in [0, 0.05) is 5.02 Å². The number of anilines is 1. The van der Waals surface area contributed by atoms with Gasteiger partial charge in [0.05, 0.1) is 15.7 Å². The lowest BCUT2D eigenvalue weighted by Crippen LogP contribution is -2.14. The van der Waals surface area contributed by atoms with E-state index >= 15 is 0 Å². The van der Waals surface area contributed by atoms with E-state index in [1.807, 2.05) is 0 Å². The molecule has 0 aliphatic rings. The Labute approximate surface area is 132 Å². The summed E-state index contributed by atoms with van der Waals surface area (Å²) >= 11 is 17.8. The lowest BCUT2D eigenvalue weighted by Gasteiger charge is -2.12. The van der Waals surface area contributed by atoms with Gasteiger partial charge in [-0.3, -0.25) is 4.72 Å². The number of aryl methyl sites for hydroxylation is 1. The van der Waals surface area contributed by atoms with Crippen LogP contribution in [0.4, 0.5) is 5.69 Å². The minimum atomic E-state index is -3.83. The van der Waals surface area contributed by atoms with Crippen LogP contribution >= 0.6 is 34.8 Å². The summed E-state index contributed by atoms with van der Waals surface area (Å²) in [6.07, 6.45) is 0. The van der Waals surface area contributed by atoms with Gasteiger partial charge < -0.3 is 0 Å². The number of halogens is 3. The van der Waals surface area contributed by atoms with Crippen LogP contribution in [0, 0.1) is 6.92 Å². The summed E-state index contributed by atoms with van der Waals surface area (Å²) in [6, 6.07) is 9.37. The molecule has 0 radical (unpaired) electrons. The van der Waals surface area contributed by atoms with Crippen molar-refractivity contribution in [2.24, 2.45) is 0 Å². The topological polar surface area (TPSA) is 46.2 Å². The van der Waals surface area contributed by atoms with Crippen LogP contribution in [0.25, 0.3) is 0 Å². The van der Waals surface area contributed by atoms with Crippen LogP contribution < -0.4 is 4.72 Å². The molecule has 3 nitrogen and oxygen atoms in total. The molecule has 0 spiro atoms. The molecule has 0 heterocycles. The molecule has 0 fully saturated rings. The van der Waals surface area contributed by atoms with Gasteiger partial charge in [-0.05, 0) is 36.8 Å². The minimum Gasteiger partial charge on any atom is -0.278 e. The van der Waals surface area contributed by atoms with E-state index in [1.54, 1.807) is 31.2 Å².